The highest BCUT2D eigenvalue weighted by Gasteiger charge is 2.50. The molecule has 0 aliphatic carbocycles. The van der Waals surface area contributed by atoms with Gasteiger partial charge in [0.25, 0.3) is 8.53 Å². The van der Waals surface area contributed by atoms with Crippen LogP contribution >= 0.6 is 8.53 Å². The molecule has 2 N–H and O–H groups in total. The van der Waals surface area contributed by atoms with E-state index >= 15 is 0 Å². The van der Waals surface area contributed by atoms with Crippen LogP contribution in [0.25, 0.3) is 4.85 Å². The summed E-state index contributed by atoms with van der Waals surface area (Å²) in [4.78, 5) is 29.3. The molecule has 0 saturated carbocycles. The number of alkyl carbamates (subject to hydrolysis) is 1. The van der Waals surface area contributed by atoms with Gasteiger partial charge in [0.05, 0.1) is 53.9 Å². The zero-order chi connectivity index (χ0) is 52.3. The Kier molecular flexibility index (Phi) is 22.3. The molecule has 4 aromatic carbocycles. The third-order valence-electron chi connectivity index (χ3n) is 11.7. The molecule has 0 spiro atoms. The first-order valence-corrected chi connectivity index (χ1v) is 24.6. The van der Waals surface area contributed by atoms with Gasteiger partial charge in [0.1, 0.15) is 48.2 Å². The third-order valence-corrected chi connectivity index (χ3v) is 13.8. The van der Waals surface area contributed by atoms with E-state index in [-0.39, 0.29) is 64.8 Å². The van der Waals surface area contributed by atoms with E-state index in [1.807, 2.05) is 111 Å². The zero-order valence-electron chi connectivity index (χ0n) is 41.9. The number of hydrogen-bond donors (Lipinski definition) is 2. The lowest BCUT2D eigenvalue weighted by Crippen LogP contribution is -2.64. The maximum Gasteiger partial charge on any atom is 0.471 e. The summed E-state index contributed by atoms with van der Waals surface area (Å²) < 4.78 is 104. The number of benzene rings is 4. The largest absolute Gasteiger partial charge is 0.497 e. The summed E-state index contributed by atoms with van der Waals surface area (Å²) in [5.74, 6) is -1.22. The van der Waals surface area contributed by atoms with Gasteiger partial charge in [-0.2, -0.15) is 13.2 Å². The summed E-state index contributed by atoms with van der Waals surface area (Å²) in [5, 5.41) is 4.77. The van der Waals surface area contributed by atoms with Gasteiger partial charge in [0, 0.05) is 24.5 Å². The molecule has 0 bridgehead atoms. The lowest BCUT2D eigenvalue weighted by atomic mass is 9.80. The van der Waals surface area contributed by atoms with Crippen LogP contribution in [0, 0.1) is 12.5 Å². The highest BCUT2D eigenvalue weighted by Crippen LogP contribution is 2.46. The second-order valence-electron chi connectivity index (χ2n) is 17.1. The molecular weight excluding hydrogens is 961 g/mol. The third kappa shape index (κ3) is 15.7. The Morgan fingerprint density at radius 2 is 1.33 bits per heavy atom. The maximum atomic E-state index is 14.1. The Balaban J connectivity index is 1.44. The number of hydrogen-bond acceptors (Lipinski definition) is 13. The zero-order valence-corrected chi connectivity index (χ0v) is 42.8. The van der Waals surface area contributed by atoms with Gasteiger partial charge in [0.2, 0.25) is 6.54 Å². The van der Waals surface area contributed by atoms with E-state index < -0.39 is 62.8 Å². The fourth-order valence-electron chi connectivity index (χ4n) is 8.25. The second-order valence-corrected chi connectivity index (χ2v) is 18.6. The topological polar surface area (TPSA) is 158 Å². The highest BCUT2D eigenvalue weighted by atomic mass is 31.2. The second kappa shape index (κ2) is 28.0. The predicted molar refractivity (Wildman–Crippen MR) is 263 cm³/mol. The van der Waals surface area contributed by atoms with E-state index in [1.165, 1.54) is 7.11 Å². The minimum absolute atomic E-state index is 0.00285. The van der Waals surface area contributed by atoms with Crippen molar-refractivity contribution in [2.24, 2.45) is 5.92 Å². The van der Waals surface area contributed by atoms with Crippen molar-refractivity contribution in [2.45, 2.75) is 89.6 Å². The number of nitrogens with zero attached hydrogens (tertiary/aromatic N) is 2. The number of carbonyl (C=O) groups is 2. The minimum atomic E-state index is -5.28. The molecule has 1 aliphatic rings. The van der Waals surface area contributed by atoms with Crippen LogP contribution < -0.4 is 24.8 Å². The lowest BCUT2D eigenvalue weighted by molar-refractivity contribution is -0.267. The van der Waals surface area contributed by atoms with E-state index in [9.17, 15) is 22.8 Å². The molecule has 2 amide bonds. The molecule has 16 nitrogen and oxygen atoms in total. The van der Waals surface area contributed by atoms with E-state index in [2.05, 4.69) is 15.5 Å². The first-order chi connectivity index (χ1) is 34.6. The number of ether oxygens (including phenoxy) is 8. The summed E-state index contributed by atoms with van der Waals surface area (Å²) in [6.07, 6.45) is -9.89. The van der Waals surface area contributed by atoms with Crippen molar-refractivity contribution < 1.29 is 69.7 Å². The SMILES string of the molecule is [C-]#[N+]CCOP(OCCOC1C(C)C(COC(=O)NCc2cccc(OC)c2)OC(OCCOC(c2ccccc2)(c2ccc(OC)cc2)c2ccc(OC)cc2)C1NC(=O)C(F)(F)F)N(C(C)C)C(C)C. The van der Waals surface area contributed by atoms with Crippen LogP contribution in [-0.4, -0.2) is 127 Å². The fourth-order valence-corrected chi connectivity index (χ4v) is 9.82. The van der Waals surface area contributed by atoms with Gasteiger partial charge in [0.15, 0.2) is 6.29 Å². The van der Waals surface area contributed by atoms with Crippen molar-refractivity contribution in [3.8, 4) is 17.2 Å². The number of halogens is 3. The molecule has 6 atom stereocenters. The van der Waals surface area contributed by atoms with Crippen molar-refractivity contribution in [2.75, 3.05) is 67.5 Å². The summed E-state index contributed by atoms with van der Waals surface area (Å²) >= 11 is 0. The molecule has 1 saturated heterocycles. The molecule has 72 heavy (non-hydrogen) atoms. The van der Waals surface area contributed by atoms with Crippen LogP contribution in [0.15, 0.2) is 103 Å². The van der Waals surface area contributed by atoms with Crippen molar-refractivity contribution >= 4 is 20.5 Å². The van der Waals surface area contributed by atoms with Gasteiger partial charge in [-0.15, -0.1) is 0 Å². The number of nitrogens with one attached hydrogen (secondary N) is 2. The van der Waals surface area contributed by atoms with Crippen molar-refractivity contribution in [3.05, 3.63) is 137 Å². The van der Waals surface area contributed by atoms with Gasteiger partial charge in [-0.25, -0.2) is 16.0 Å². The summed E-state index contributed by atoms with van der Waals surface area (Å²) in [7, 11) is 2.98. The summed E-state index contributed by atoms with van der Waals surface area (Å²) in [5.41, 5.74) is 1.67. The molecule has 392 valence electrons. The lowest BCUT2D eigenvalue weighted by Gasteiger charge is -2.45. The van der Waals surface area contributed by atoms with Crippen LogP contribution in [0.5, 0.6) is 17.2 Å². The Bertz CT molecular complexity index is 2250. The van der Waals surface area contributed by atoms with Crippen molar-refractivity contribution in [1.82, 2.24) is 15.3 Å². The number of rotatable bonds is 27. The molecule has 6 unspecified atom stereocenters. The van der Waals surface area contributed by atoms with Gasteiger partial charge in [-0.1, -0.05) is 73.7 Å². The van der Waals surface area contributed by atoms with E-state index in [0.717, 1.165) is 22.3 Å². The van der Waals surface area contributed by atoms with Gasteiger partial charge >= 0.3 is 18.2 Å². The Morgan fingerprint density at radius 1 is 0.750 bits per heavy atom. The highest BCUT2D eigenvalue weighted by molar-refractivity contribution is 7.44. The van der Waals surface area contributed by atoms with Crippen LogP contribution in [0.3, 0.4) is 0 Å². The van der Waals surface area contributed by atoms with Gasteiger partial charge in [-0.3, -0.25) is 4.79 Å². The standard InChI is InChI=1S/C52H66F3N4O12P/c1-35(2)59(36(3)4)72(69-27-26-56-6)70-31-29-65-47-37(5)45(34-67-50(61)57-33-38-14-13-17-44(32-38)64-9)71-48(46(47)58-49(60)52(53,54)55)66-28-30-68-51(39-15-11-10-12-16-39,40-18-22-42(62-7)23-19-40)41-20-24-43(63-8)25-21-41/h10-25,32,35-37,45-48H,26-31,33-34H2,1-5,7-9H3,(H,57,61)(H,58,60). The van der Waals surface area contributed by atoms with Crippen molar-refractivity contribution in [3.63, 3.8) is 0 Å². The molecule has 0 aromatic heterocycles. The van der Waals surface area contributed by atoms with Crippen LogP contribution in [-0.2, 0) is 49.7 Å². The maximum absolute atomic E-state index is 14.1. The number of alkyl halides is 3. The first-order valence-electron chi connectivity index (χ1n) is 23.5. The van der Waals surface area contributed by atoms with E-state index in [4.69, 9.17) is 53.5 Å². The van der Waals surface area contributed by atoms with Gasteiger partial charge in [-0.05, 0) is 86.3 Å². The molecule has 1 heterocycles. The Hall–Kier alpha value is -5.55. The smallest absolute Gasteiger partial charge is 0.471 e. The average Bonchev–Trinajstić information content (AvgIpc) is 3.37. The van der Waals surface area contributed by atoms with Crippen LogP contribution in [0.4, 0.5) is 18.0 Å². The monoisotopic (exact) mass is 1030 g/mol. The molecule has 5 rings (SSSR count). The molecular formula is C52H66F3N4O12P. The molecule has 4 aromatic rings. The van der Waals surface area contributed by atoms with Gasteiger partial charge < -0.3 is 62.4 Å². The summed E-state index contributed by atoms with van der Waals surface area (Å²) in [6, 6.07) is 29.7. The average molecular weight is 1030 g/mol. The van der Waals surface area contributed by atoms with Crippen LogP contribution in [0.2, 0.25) is 0 Å². The first kappa shape index (κ1) is 57.4. The number of methoxy groups -OCH3 is 3. The van der Waals surface area contributed by atoms with E-state index in [0.29, 0.717) is 17.2 Å². The molecule has 1 aliphatic heterocycles. The minimum Gasteiger partial charge on any atom is -0.497 e. The van der Waals surface area contributed by atoms with Crippen LogP contribution in [0.1, 0.15) is 56.9 Å². The molecule has 1 fully saturated rings. The predicted octanol–water partition coefficient (Wildman–Crippen LogP) is 9.06. The van der Waals surface area contributed by atoms with Crippen molar-refractivity contribution in [1.29, 1.82) is 0 Å². The normalized spacial score (nSPS) is 18.6. The quantitative estimate of drug-likeness (QED) is 0.0253. The molecule has 0 radical (unpaired) electrons. The summed E-state index contributed by atoms with van der Waals surface area (Å²) in [6.45, 7) is 16.1. The van der Waals surface area contributed by atoms with E-state index in [1.54, 1.807) is 45.4 Å². The Morgan fingerprint density at radius 3 is 1.90 bits per heavy atom. The fraction of sp³-hybridized carbons (Fsp3) is 0.481. The number of carbonyl (C=O) groups excluding carboxylic acids is 2. The number of amides is 2. The molecule has 20 heteroatoms. The Labute approximate surface area is 421 Å².